The Hall–Kier alpha value is -1.79. The maximum atomic E-state index is 11.4. The number of halogens is 1. The molecule has 1 unspecified atom stereocenters. The van der Waals surface area contributed by atoms with Crippen LogP contribution in [0.4, 0.5) is 0 Å². The van der Waals surface area contributed by atoms with Gasteiger partial charge in [-0.25, -0.2) is 14.5 Å². The van der Waals surface area contributed by atoms with Crippen molar-refractivity contribution in [1.82, 2.24) is 19.6 Å². The van der Waals surface area contributed by atoms with E-state index < -0.39 is 10.8 Å². The standard InChI is InChI=1S/C12H9ClN4OS/c1-19(18)12-15-7-10-6-14-11(17(10)16-12)8-2-4-9(13)5-3-8/h2-7H,1H3. The first-order chi connectivity index (χ1) is 9.15. The van der Waals surface area contributed by atoms with Crippen LogP contribution in [0.15, 0.2) is 41.8 Å². The molecule has 0 amide bonds. The van der Waals surface area contributed by atoms with Gasteiger partial charge in [0.25, 0.3) is 0 Å². The summed E-state index contributed by atoms with van der Waals surface area (Å²) in [6.07, 6.45) is 4.82. The molecular formula is C12H9ClN4OS. The van der Waals surface area contributed by atoms with Crippen molar-refractivity contribution >= 4 is 27.9 Å². The zero-order valence-electron chi connectivity index (χ0n) is 9.95. The average Bonchev–Trinajstić information content (AvgIpc) is 2.82. The van der Waals surface area contributed by atoms with Crippen LogP contribution in [0.2, 0.25) is 5.02 Å². The van der Waals surface area contributed by atoms with Crippen molar-refractivity contribution in [2.45, 2.75) is 5.16 Å². The monoisotopic (exact) mass is 292 g/mol. The van der Waals surface area contributed by atoms with Crippen LogP contribution in [0.25, 0.3) is 16.9 Å². The molecule has 19 heavy (non-hydrogen) atoms. The van der Waals surface area contributed by atoms with Crippen molar-refractivity contribution in [2.75, 3.05) is 6.26 Å². The molecule has 1 atom stereocenters. The van der Waals surface area contributed by atoms with Gasteiger partial charge in [-0.05, 0) is 24.3 Å². The van der Waals surface area contributed by atoms with Gasteiger partial charge in [0.1, 0.15) is 5.52 Å². The molecule has 0 aliphatic carbocycles. The number of aromatic nitrogens is 4. The van der Waals surface area contributed by atoms with Crippen molar-refractivity contribution in [3.8, 4) is 11.4 Å². The van der Waals surface area contributed by atoms with E-state index in [2.05, 4.69) is 15.1 Å². The highest BCUT2D eigenvalue weighted by Gasteiger charge is 2.10. The zero-order chi connectivity index (χ0) is 13.4. The van der Waals surface area contributed by atoms with Gasteiger partial charge in [-0.1, -0.05) is 11.6 Å². The van der Waals surface area contributed by atoms with E-state index in [0.717, 1.165) is 11.1 Å². The predicted octanol–water partition coefficient (Wildman–Crippen LogP) is 2.18. The second-order valence-electron chi connectivity index (χ2n) is 3.92. The molecule has 1 aromatic carbocycles. The molecule has 2 aromatic heterocycles. The quantitative estimate of drug-likeness (QED) is 0.726. The van der Waals surface area contributed by atoms with E-state index in [1.807, 2.05) is 12.1 Å². The van der Waals surface area contributed by atoms with Crippen LogP contribution in [0, 0.1) is 0 Å². The number of imidazole rings is 1. The van der Waals surface area contributed by atoms with Gasteiger partial charge >= 0.3 is 0 Å². The summed E-state index contributed by atoms with van der Waals surface area (Å²) in [6.45, 7) is 0. The van der Waals surface area contributed by atoms with E-state index in [0.29, 0.717) is 10.8 Å². The Bertz CT molecular complexity index is 769. The molecule has 3 rings (SSSR count). The van der Waals surface area contributed by atoms with Crippen LogP contribution in [0.1, 0.15) is 0 Å². The van der Waals surface area contributed by atoms with E-state index in [4.69, 9.17) is 11.6 Å². The van der Waals surface area contributed by atoms with Crippen LogP contribution >= 0.6 is 11.6 Å². The predicted molar refractivity (Wildman–Crippen MR) is 73.6 cm³/mol. The summed E-state index contributed by atoms with van der Waals surface area (Å²) in [7, 11) is -1.23. The smallest absolute Gasteiger partial charge is 0.237 e. The van der Waals surface area contributed by atoms with Crippen LogP contribution in [-0.2, 0) is 10.8 Å². The third-order valence-electron chi connectivity index (χ3n) is 2.62. The van der Waals surface area contributed by atoms with Crippen molar-refractivity contribution in [3.63, 3.8) is 0 Å². The average molecular weight is 293 g/mol. The van der Waals surface area contributed by atoms with Gasteiger partial charge in [-0.3, -0.25) is 4.21 Å². The molecule has 0 aliphatic rings. The largest absolute Gasteiger partial charge is 0.251 e. The molecule has 2 heterocycles. The molecule has 3 aromatic rings. The summed E-state index contributed by atoms with van der Waals surface area (Å²) in [5.74, 6) is 0.667. The lowest BCUT2D eigenvalue weighted by Gasteiger charge is -2.02. The Morgan fingerprint density at radius 2 is 1.84 bits per heavy atom. The number of nitrogens with zero attached hydrogens (tertiary/aromatic N) is 4. The Morgan fingerprint density at radius 3 is 2.53 bits per heavy atom. The van der Waals surface area contributed by atoms with Gasteiger partial charge < -0.3 is 0 Å². The van der Waals surface area contributed by atoms with Crippen molar-refractivity contribution < 1.29 is 4.21 Å². The Balaban J connectivity index is 2.21. The number of rotatable bonds is 2. The minimum atomic E-state index is -1.23. The summed E-state index contributed by atoms with van der Waals surface area (Å²) < 4.78 is 13.1. The van der Waals surface area contributed by atoms with E-state index in [9.17, 15) is 4.21 Å². The Labute approximate surface area is 116 Å². The Kier molecular flexibility index (Phi) is 3.04. The highest BCUT2D eigenvalue weighted by Crippen LogP contribution is 2.20. The molecule has 0 N–H and O–H groups in total. The molecule has 0 saturated heterocycles. The third kappa shape index (κ3) is 2.24. The topological polar surface area (TPSA) is 60.2 Å². The molecule has 0 spiro atoms. The van der Waals surface area contributed by atoms with Crippen molar-refractivity contribution in [2.24, 2.45) is 0 Å². The summed E-state index contributed by atoms with van der Waals surface area (Å²) in [5.41, 5.74) is 1.63. The lowest BCUT2D eigenvalue weighted by molar-refractivity contribution is 0.672. The minimum Gasteiger partial charge on any atom is -0.251 e. The fourth-order valence-corrected chi connectivity index (χ4v) is 2.24. The normalized spacial score (nSPS) is 12.7. The minimum absolute atomic E-state index is 0.278. The van der Waals surface area contributed by atoms with Crippen molar-refractivity contribution in [3.05, 3.63) is 41.7 Å². The molecule has 0 aliphatic heterocycles. The summed E-state index contributed by atoms with van der Waals surface area (Å²) in [6, 6.07) is 7.31. The van der Waals surface area contributed by atoms with Crippen molar-refractivity contribution in [1.29, 1.82) is 0 Å². The molecule has 7 heteroatoms. The maximum Gasteiger partial charge on any atom is 0.237 e. The Morgan fingerprint density at radius 1 is 1.16 bits per heavy atom. The van der Waals surface area contributed by atoms with Gasteiger partial charge in [0.15, 0.2) is 5.82 Å². The van der Waals surface area contributed by atoms with E-state index in [1.165, 1.54) is 0 Å². The van der Waals surface area contributed by atoms with Gasteiger partial charge in [0.2, 0.25) is 5.16 Å². The first kappa shape index (κ1) is 12.3. The van der Waals surface area contributed by atoms with Crippen LogP contribution in [0.3, 0.4) is 0 Å². The molecule has 0 fully saturated rings. The SMILES string of the molecule is CS(=O)c1ncc2cnc(-c3ccc(Cl)cc3)n2n1. The first-order valence-corrected chi connectivity index (χ1v) is 7.39. The fourth-order valence-electron chi connectivity index (χ4n) is 1.71. The second kappa shape index (κ2) is 4.71. The van der Waals surface area contributed by atoms with Gasteiger partial charge in [0, 0.05) is 16.8 Å². The number of benzene rings is 1. The van der Waals surface area contributed by atoms with Gasteiger partial charge in [-0.15, -0.1) is 5.10 Å². The molecule has 0 bridgehead atoms. The lowest BCUT2D eigenvalue weighted by Crippen LogP contribution is -2.03. The first-order valence-electron chi connectivity index (χ1n) is 5.45. The lowest BCUT2D eigenvalue weighted by atomic mass is 10.2. The third-order valence-corrected chi connectivity index (χ3v) is 3.57. The summed E-state index contributed by atoms with van der Waals surface area (Å²) in [5, 5.41) is 5.18. The van der Waals surface area contributed by atoms with E-state index in [-0.39, 0.29) is 5.16 Å². The number of fused-ring (bicyclic) bond motifs is 1. The highest BCUT2D eigenvalue weighted by atomic mass is 35.5. The molecule has 96 valence electrons. The molecular weight excluding hydrogens is 284 g/mol. The van der Waals surface area contributed by atoms with Crippen LogP contribution < -0.4 is 0 Å². The van der Waals surface area contributed by atoms with Gasteiger partial charge in [-0.2, -0.15) is 0 Å². The molecule has 5 nitrogen and oxygen atoms in total. The zero-order valence-corrected chi connectivity index (χ0v) is 11.5. The van der Waals surface area contributed by atoms with Crippen LogP contribution in [-0.4, -0.2) is 30.0 Å². The van der Waals surface area contributed by atoms with E-state index in [1.54, 1.807) is 35.3 Å². The maximum absolute atomic E-state index is 11.4. The summed E-state index contributed by atoms with van der Waals surface area (Å²) in [4.78, 5) is 8.35. The van der Waals surface area contributed by atoms with Crippen LogP contribution in [0.5, 0.6) is 0 Å². The van der Waals surface area contributed by atoms with Gasteiger partial charge in [0.05, 0.1) is 23.2 Å². The molecule has 0 saturated carbocycles. The highest BCUT2D eigenvalue weighted by molar-refractivity contribution is 7.84. The summed E-state index contributed by atoms with van der Waals surface area (Å²) >= 11 is 5.87. The van der Waals surface area contributed by atoms with E-state index >= 15 is 0 Å². The fraction of sp³-hybridized carbons (Fsp3) is 0.0833. The molecule has 0 radical (unpaired) electrons. The number of hydrogen-bond donors (Lipinski definition) is 0. The second-order valence-corrected chi connectivity index (χ2v) is 5.63. The number of hydrogen-bond acceptors (Lipinski definition) is 4.